The number of hydrogen-bond donors (Lipinski definition) is 2. The van der Waals surface area contributed by atoms with E-state index in [-0.39, 0.29) is 0 Å². The van der Waals surface area contributed by atoms with E-state index >= 15 is 0 Å². The first kappa shape index (κ1) is 17.1. The fourth-order valence-corrected chi connectivity index (χ4v) is 1.76. The second kappa shape index (κ2) is 6.64. The quantitative estimate of drug-likeness (QED) is 0.783. The van der Waals surface area contributed by atoms with Crippen LogP contribution < -0.4 is 5.32 Å². The number of piperazine rings is 1. The van der Waals surface area contributed by atoms with Crippen LogP contribution in [0.3, 0.4) is 0 Å². The number of carbonyl (C=O) groups excluding carboxylic acids is 2. The first-order valence-corrected chi connectivity index (χ1v) is 6.86. The number of carboxylic acid groups (broad SMARTS) is 1. The molecule has 0 radical (unpaired) electrons. The summed E-state index contributed by atoms with van der Waals surface area (Å²) >= 11 is 0. The molecule has 8 heteroatoms. The molecule has 2 N–H and O–H groups in total. The Kier molecular flexibility index (Phi) is 5.40. The molecule has 0 aromatic carbocycles. The molecule has 8 nitrogen and oxygen atoms in total. The molecule has 1 aliphatic heterocycles. The number of urea groups is 1. The summed E-state index contributed by atoms with van der Waals surface area (Å²) < 4.78 is 5.26. The molecule has 3 amide bonds. The van der Waals surface area contributed by atoms with Crippen molar-refractivity contribution in [1.82, 2.24) is 15.1 Å². The van der Waals surface area contributed by atoms with Gasteiger partial charge in [-0.25, -0.2) is 9.59 Å². The first-order valence-electron chi connectivity index (χ1n) is 6.86. The van der Waals surface area contributed by atoms with Crippen molar-refractivity contribution in [3.63, 3.8) is 0 Å². The maximum Gasteiger partial charge on any atom is 0.410 e. The van der Waals surface area contributed by atoms with Gasteiger partial charge in [0.2, 0.25) is 0 Å². The van der Waals surface area contributed by atoms with Crippen LogP contribution in [0.1, 0.15) is 27.7 Å². The first-order chi connectivity index (χ1) is 9.60. The van der Waals surface area contributed by atoms with Gasteiger partial charge in [0.1, 0.15) is 11.6 Å². The maximum absolute atomic E-state index is 11.9. The van der Waals surface area contributed by atoms with Crippen LogP contribution in [0.4, 0.5) is 9.59 Å². The number of hydrogen-bond acceptors (Lipinski definition) is 4. The van der Waals surface area contributed by atoms with E-state index in [1.807, 2.05) is 0 Å². The lowest BCUT2D eigenvalue weighted by molar-refractivity contribution is -0.138. The zero-order valence-electron chi connectivity index (χ0n) is 12.9. The normalized spacial score (nSPS) is 17.1. The Morgan fingerprint density at radius 2 is 1.57 bits per heavy atom. The van der Waals surface area contributed by atoms with Gasteiger partial charge in [0.15, 0.2) is 0 Å². The minimum absolute atomic E-state index is 0.345. The molecule has 1 saturated heterocycles. The lowest BCUT2D eigenvalue weighted by Gasteiger charge is -2.35. The largest absolute Gasteiger partial charge is 0.480 e. The minimum atomic E-state index is -1.09. The summed E-state index contributed by atoms with van der Waals surface area (Å²) in [5.74, 6) is -1.09. The SMILES string of the molecule is C[C@H](NC(=O)N1CCN(C(=O)OC(C)(C)C)CC1)C(=O)O. The maximum atomic E-state index is 11.9. The van der Waals surface area contributed by atoms with E-state index in [4.69, 9.17) is 9.84 Å². The van der Waals surface area contributed by atoms with Gasteiger partial charge in [-0.1, -0.05) is 0 Å². The smallest absolute Gasteiger partial charge is 0.410 e. The molecule has 1 aliphatic rings. The molecule has 0 saturated carbocycles. The fraction of sp³-hybridized carbons (Fsp3) is 0.769. The molecule has 1 atom stereocenters. The number of nitrogens with zero attached hydrogens (tertiary/aromatic N) is 2. The van der Waals surface area contributed by atoms with Crippen molar-refractivity contribution < 1.29 is 24.2 Å². The molecule has 1 heterocycles. The molecule has 21 heavy (non-hydrogen) atoms. The van der Waals surface area contributed by atoms with Crippen molar-refractivity contribution in [1.29, 1.82) is 0 Å². The highest BCUT2D eigenvalue weighted by atomic mass is 16.6. The Morgan fingerprint density at radius 3 is 2.00 bits per heavy atom. The zero-order chi connectivity index (χ0) is 16.2. The van der Waals surface area contributed by atoms with E-state index < -0.39 is 29.7 Å². The molecular weight excluding hydrogens is 278 g/mol. The van der Waals surface area contributed by atoms with Crippen molar-refractivity contribution >= 4 is 18.1 Å². The average Bonchev–Trinajstić information content (AvgIpc) is 2.36. The Balaban J connectivity index is 2.43. The molecular formula is C13H23N3O5. The van der Waals surface area contributed by atoms with E-state index in [2.05, 4.69) is 5.32 Å². The second-order valence-corrected chi connectivity index (χ2v) is 5.96. The molecule has 0 bridgehead atoms. The van der Waals surface area contributed by atoms with Crippen molar-refractivity contribution in [3.8, 4) is 0 Å². The van der Waals surface area contributed by atoms with Crippen molar-refractivity contribution in [2.24, 2.45) is 0 Å². The standard InChI is InChI=1S/C13H23N3O5/c1-9(10(17)18)14-11(19)15-5-7-16(8-6-15)12(20)21-13(2,3)4/h9H,5-8H2,1-4H3,(H,14,19)(H,17,18)/t9-/m0/s1. The third-order valence-electron chi connectivity index (χ3n) is 2.93. The van der Waals surface area contributed by atoms with E-state index in [1.54, 1.807) is 20.8 Å². The minimum Gasteiger partial charge on any atom is -0.480 e. The van der Waals surface area contributed by atoms with Gasteiger partial charge in [-0.05, 0) is 27.7 Å². The van der Waals surface area contributed by atoms with Crippen LogP contribution in [0.2, 0.25) is 0 Å². The van der Waals surface area contributed by atoms with E-state index in [0.29, 0.717) is 26.2 Å². The third kappa shape index (κ3) is 5.49. The highest BCUT2D eigenvalue weighted by Crippen LogP contribution is 2.11. The van der Waals surface area contributed by atoms with Crippen molar-refractivity contribution in [3.05, 3.63) is 0 Å². The number of rotatable bonds is 2. The Morgan fingerprint density at radius 1 is 1.10 bits per heavy atom. The summed E-state index contributed by atoms with van der Waals surface area (Å²) in [6.45, 7) is 8.20. The number of amides is 3. The van der Waals surface area contributed by atoms with Crippen LogP contribution in [0.15, 0.2) is 0 Å². The molecule has 0 unspecified atom stereocenters. The summed E-state index contributed by atoms with van der Waals surface area (Å²) in [6.07, 6.45) is -0.401. The van der Waals surface area contributed by atoms with E-state index in [1.165, 1.54) is 16.7 Å². The summed E-state index contributed by atoms with van der Waals surface area (Å²) in [4.78, 5) is 37.4. The van der Waals surface area contributed by atoms with Gasteiger partial charge in [0, 0.05) is 26.2 Å². The number of carbonyl (C=O) groups is 3. The zero-order valence-corrected chi connectivity index (χ0v) is 12.9. The molecule has 120 valence electrons. The van der Waals surface area contributed by atoms with Gasteiger partial charge in [-0.3, -0.25) is 4.79 Å². The molecule has 0 aliphatic carbocycles. The molecule has 0 aromatic rings. The molecule has 0 spiro atoms. The number of carboxylic acids is 1. The van der Waals surface area contributed by atoms with Gasteiger partial charge >= 0.3 is 18.1 Å². The van der Waals surface area contributed by atoms with Crippen LogP contribution in [0.25, 0.3) is 0 Å². The van der Waals surface area contributed by atoms with Crippen molar-refractivity contribution in [2.75, 3.05) is 26.2 Å². The van der Waals surface area contributed by atoms with E-state index in [9.17, 15) is 14.4 Å². The van der Waals surface area contributed by atoms with Gasteiger partial charge in [-0.2, -0.15) is 0 Å². The number of nitrogens with one attached hydrogen (secondary N) is 1. The number of aliphatic carboxylic acids is 1. The average molecular weight is 301 g/mol. The van der Waals surface area contributed by atoms with Crippen molar-refractivity contribution in [2.45, 2.75) is 39.3 Å². The third-order valence-corrected chi connectivity index (χ3v) is 2.93. The lowest BCUT2D eigenvalue weighted by atomic mass is 10.2. The van der Waals surface area contributed by atoms with Crippen LogP contribution in [0, 0.1) is 0 Å². The topological polar surface area (TPSA) is 99.2 Å². The van der Waals surface area contributed by atoms with Crippen LogP contribution in [-0.4, -0.2) is 70.8 Å². The summed E-state index contributed by atoms with van der Waals surface area (Å²) in [6, 6.07) is -1.38. The van der Waals surface area contributed by atoms with E-state index in [0.717, 1.165) is 0 Å². The van der Waals surface area contributed by atoms with Crippen LogP contribution in [-0.2, 0) is 9.53 Å². The highest BCUT2D eigenvalue weighted by Gasteiger charge is 2.28. The summed E-state index contributed by atoms with van der Waals surface area (Å²) in [5.41, 5.74) is -0.553. The monoisotopic (exact) mass is 301 g/mol. The lowest BCUT2D eigenvalue weighted by Crippen LogP contribution is -2.55. The van der Waals surface area contributed by atoms with Crippen LogP contribution >= 0.6 is 0 Å². The highest BCUT2D eigenvalue weighted by molar-refractivity contribution is 5.82. The summed E-state index contributed by atoms with van der Waals surface area (Å²) in [5, 5.41) is 11.1. The summed E-state index contributed by atoms with van der Waals surface area (Å²) in [7, 11) is 0. The fourth-order valence-electron chi connectivity index (χ4n) is 1.76. The Hall–Kier alpha value is -1.99. The number of ether oxygens (including phenoxy) is 1. The van der Waals surface area contributed by atoms with Gasteiger partial charge in [-0.15, -0.1) is 0 Å². The Bertz CT molecular complexity index is 411. The molecule has 0 aromatic heterocycles. The Labute approximate surface area is 124 Å². The molecule has 1 fully saturated rings. The van der Waals surface area contributed by atoms with Gasteiger partial charge in [0.05, 0.1) is 0 Å². The van der Waals surface area contributed by atoms with Gasteiger partial charge < -0.3 is 25.0 Å². The predicted molar refractivity (Wildman–Crippen MR) is 75.0 cm³/mol. The predicted octanol–water partition coefficient (Wildman–Crippen LogP) is 0.722. The second-order valence-electron chi connectivity index (χ2n) is 5.96. The van der Waals surface area contributed by atoms with Gasteiger partial charge in [0.25, 0.3) is 0 Å². The van der Waals surface area contributed by atoms with Crippen LogP contribution in [0.5, 0.6) is 0 Å². The molecule has 1 rings (SSSR count).